The van der Waals surface area contributed by atoms with Gasteiger partial charge in [0.05, 0.1) is 24.3 Å². The first-order chi connectivity index (χ1) is 13.5. The van der Waals surface area contributed by atoms with E-state index in [1.807, 2.05) is 12.1 Å². The fraction of sp³-hybridized carbons (Fsp3) is 0.550. The summed E-state index contributed by atoms with van der Waals surface area (Å²) in [5.41, 5.74) is 1.95. The van der Waals surface area contributed by atoms with Crippen LogP contribution in [0.3, 0.4) is 0 Å². The van der Waals surface area contributed by atoms with Crippen molar-refractivity contribution in [1.82, 2.24) is 14.5 Å². The number of nitrogens with zero attached hydrogens (tertiary/aromatic N) is 3. The van der Waals surface area contributed by atoms with Crippen LogP contribution < -0.4 is 0 Å². The van der Waals surface area contributed by atoms with Crippen molar-refractivity contribution in [2.45, 2.75) is 50.5 Å². The molecule has 0 aliphatic carbocycles. The van der Waals surface area contributed by atoms with Crippen LogP contribution in [0.1, 0.15) is 43.5 Å². The van der Waals surface area contributed by atoms with Gasteiger partial charge in [0.2, 0.25) is 15.0 Å². The van der Waals surface area contributed by atoms with Crippen LogP contribution in [0.15, 0.2) is 35.6 Å². The zero-order valence-electron chi connectivity index (χ0n) is 16.5. The van der Waals surface area contributed by atoms with E-state index in [0.29, 0.717) is 19.7 Å². The Kier molecular flexibility index (Phi) is 6.85. The number of imidazole rings is 1. The lowest BCUT2D eigenvalue weighted by Gasteiger charge is -2.36. The maximum atomic E-state index is 13.3. The molecule has 1 saturated heterocycles. The summed E-state index contributed by atoms with van der Waals surface area (Å²) in [6.07, 6.45) is 4.87. The van der Waals surface area contributed by atoms with Crippen LogP contribution in [0.2, 0.25) is 0 Å². The van der Waals surface area contributed by atoms with Crippen molar-refractivity contribution in [3.05, 3.63) is 47.5 Å². The Morgan fingerprint density at radius 2 is 2.00 bits per heavy atom. The Labute approximate surface area is 166 Å². The Morgan fingerprint density at radius 3 is 2.68 bits per heavy atom. The van der Waals surface area contributed by atoms with Gasteiger partial charge in [0.1, 0.15) is 5.82 Å². The molecule has 3 rings (SSSR count). The molecule has 0 bridgehead atoms. The average molecular weight is 410 g/mol. The van der Waals surface area contributed by atoms with Gasteiger partial charge in [-0.3, -0.25) is 4.90 Å². The molecule has 0 saturated carbocycles. The third-order valence-electron chi connectivity index (χ3n) is 5.31. The Hall–Kier alpha value is -1.77. The van der Waals surface area contributed by atoms with Crippen LogP contribution >= 0.6 is 0 Å². The number of piperidine rings is 1. The third-order valence-corrected chi connectivity index (χ3v) is 6.95. The average Bonchev–Trinajstić information content (AvgIpc) is 3.11. The first kappa shape index (κ1) is 21.0. The lowest BCUT2D eigenvalue weighted by molar-refractivity contribution is 0.134. The molecule has 154 valence electrons. The van der Waals surface area contributed by atoms with E-state index >= 15 is 0 Å². The summed E-state index contributed by atoms with van der Waals surface area (Å²) in [5, 5.41) is 0.109. The van der Waals surface area contributed by atoms with E-state index in [0.717, 1.165) is 37.1 Å². The molecule has 0 N–H and O–H groups in total. The fourth-order valence-corrected chi connectivity index (χ4v) is 4.78. The van der Waals surface area contributed by atoms with Gasteiger partial charge in [-0.2, -0.15) is 0 Å². The van der Waals surface area contributed by atoms with Crippen LogP contribution in [-0.2, 0) is 27.7 Å². The minimum atomic E-state index is -3.41. The normalized spacial score (nSPS) is 18.5. The molecule has 8 heteroatoms. The van der Waals surface area contributed by atoms with Crippen molar-refractivity contribution in [3.8, 4) is 0 Å². The van der Waals surface area contributed by atoms with Gasteiger partial charge in [0.25, 0.3) is 0 Å². The highest BCUT2D eigenvalue weighted by Gasteiger charge is 2.27. The second-order valence-electron chi connectivity index (χ2n) is 7.11. The Bertz CT molecular complexity index is 881. The number of halogens is 1. The molecule has 1 atom stereocenters. The third kappa shape index (κ3) is 4.61. The first-order valence-electron chi connectivity index (χ1n) is 9.72. The number of hydrogen-bond acceptors (Lipinski definition) is 5. The van der Waals surface area contributed by atoms with E-state index in [1.165, 1.54) is 12.1 Å². The lowest BCUT2D eigenvalue weighted by Crippen LogP contribution is -2.34. The molecule has 0 amide bonds. The number of sulfone groups is 1. The maximum absolute atomic E-state index is 13.3. The first-order valence-corrected chi connectivity index (χ1v) is 11.4. The molecule has 0 radical (unpaired) electrons. The number of ether oxygens (including phenoxy) is 1. The van der Waals surface area contributed by atoms with E-state index in [-0.39, 0.29) is 22.8 Å². The number of rotatable bonds is 8. The van der Waals surface area contributed by atoms with Crippen LogP contribution in [-0.4, -0.2) is 48.9 Å². The van der Waals surface area contributed by atoms with Gasteiger partial charge in [-0.15, -0.1) is 0 Å². The van der Waals surface area contributed by atoms with E-state index in [4.69, 9.17) is 4.74 Å². The molecular weight excluding hydrogens is 381 g/mol. The molecule has 6 nitrogen and oxygen atoms in total. The summed E-state index contributed by atoms with van der Waals surface area (Å²) in [5.74, 6) is -0.226. The molecule has 0 unspecified atom stereocenters. The number of hydrogen-bond donors (Lipinski definition) is 0. The second-order valence-corrected chi connectivity index (χ2v) is 9.29. The topological polar surface area (TPSA) is 64.4 Å². The quantitative estimate of drug-likeness (QED) is 0.670. The number of aromatic nitrogens is 2. The van der Waals surface area contributed by atoms with Crippen molar-refractivity contribution in [2.75, 3.05) is 26.0 Å². The Balaban J connectivity index is 1.89. The highest BCUT2D eigenvalue weighted by atomic mass is 32.2. The van der Waals surface area contributed by atoms with Crippen molar-refractivity contribution >= 4 is 9.84 Å². The minimum absolute atomic E-state index is 0.0123. The molecule has 1 fully saturated rings. The summed E-state index contributed by atoms with van der Waals surface area (Å²) in [7, 11) is -1.82. The molecule has 1 aliphatic rings. The summed E-state index contributed by atoms with van der Waals surface area (Å²) in [6.45, 7) is 3.98. The van der Waals surface area contributed by atoms with E-state index < -0.39 is 9.84 Å². The van der Waals surface area contributed by atoms with Crippen molar-refractivity contribution in [1.29, 1.82) is 0 Å². The van der Waals surface area contributed by atoms with Crippen molar-refractivity contribution in [2.24, 2.45) is 0 Å². The Morgan fingerprint density at radius 1 is 1.25 bits per heavy atom. The predicted octanol–water partition coefficient (Wildman–Crippen LogP) is 3.19. The van der Waals surface area contributed by atoms with Crippen molar-refractivity contribution in [3.63, 3.8) is 0 Å². The van der Waals surface area contributed by atoms with Gasteiger partial charge >= 0.3 is 0 Å². The molecule has 2 heterocycles. The van der Waals surface area contributed by atoms with Crippen LogP contribution in [0.25, 0.3) is 0 Å². The monoisotopic (exact) mass is 409 g/mol. The number of benzene rings is 1. The van der Waals surface area contributed by atoms with Gasteiger partial charge in [-0.05, 0) is 37.1 Å². The van der Waals surface area contributed by atoms with Gasteiger partial charge in [-0.1, -0.05) is 25.5 Å². The molecule has 2 aromatic rings. The largest absolute Gasteiger partial charge is 0.383 e. The number of methoxy groups -OCH3 is 1. The summed E-state index contributed by atoms with van der Waals surface area (Å²) in [6, 6.07) is 6.86. The molecule has 1 aromatic heterocycles. The molecule has 1 aromatic carbocycles. The molecule has 1 aliphatic heterocycles. The summed E-state index contributed by atoms with van der Waals surface area (Å²) in [4.78, 5) is 6.56. The lowest BCUT2D eigenvalue weighted by atomic mass is 9.95. The van der Waals surface area contributed by atoms with E-state index in [9.17, 15) is 12.8 Å². The van der Waals surface area contributed by atoms with Crippen LogP contribution in [0.5, 0.6) is 0 Å². The van der Waals surface area contributed by atoms with Gasteiger partial charge < -0.3 is 9.30 Å². The zero-order valence-corrected chi connectivity index (χ0v) is 17.3. The van der Waals surface area contributed by atoms with Crippen LogP contribution in [0.4, 0.5) is 4.39 Å². The fourth-order valence-electron chi connectivity index (χ4n) is 3.77. The highest BCUT2D eigenvalue weighted by Crippen LogP contribution is 2.32. The maximum Gasteiger partial charge on any atom is 0.227 e. The smallest absolute Gasteiger partial charge is 0.227 e. The van der Waals surface area contributed by atoms with Crippen LogP contribution in [0, 0.1) is 5.82 Å². The summed E-state index contributed by atoms with van der Waals surface area (Å²) >= 11 is 0. The minimum Gasteiger partial charge on any atom is -0.383 e. The van der Waals surface area contributed by atoms with Gasteiger partial charge in [-0.25, -0.2) is 17.8 Å². The molecule has 28 heavy (non-hydrogen) atoms. The summed E-state index contributed by atoms with van der Waals surface area (Å²) < 4.78 is 45.1. The molecule has 0 spiro atoms. The second kappa shape index (κ2) is 9.15. The van der Waals surface area contributed by atoms with Gasteiger partial charge in [0, 0.05) is 26.2 Å². The highest BCUT2D eigenvalue weighted by molar-refractivity contribution is 7.91. The SMILES string of the molecule is CCS(=O)(=O)c1ncc(CN2CCCC[C@H]2c2ccc(F)cc2)n1CCOC. The predicted molar refractivity (Wildman–Crippen MR) is 105 cm³/mol. The van der Waals surface area contributed by atoms with E-state index in [2.05, 4.69) is 9.88 Å². The van der Waals surface area contributed by atoms with Gasteiger partial charge in [0.15, 0.2) is 0 Å². The van der Waals surface area contributed by atoms with Crippen molar-refractivity contribution < 1.29 is 17.5 Å². The number of likely N-dealkylation sites (tertiary alicyclic amines) is 1. The zero-order chi connectivity index (χ0) is 20.1. The standard InChI is InChI=1S/C20H28FN3O3S/c1-3-28(25,26)20-22-14-18(24(20)12-13-27-2)15-23-11-5-4-6-19(23)16-7-9-17(21)10-8-16/h7-10,14,19H,3-6,11-13,15H2,1-2H3/t19-/m0/s1. The van der Waals surface area contributed by atoms with E-state index in [1.54, 1.807) is 24.8 Å². The molecular formula is C20H28FN3O3S.